The van der Waals surface area contributed by atoms with E-state index in [4.69, 9.17) is 56.8 Å². The molecule has 8 fully saturated rings. The number of aliphatic hydroxyl groups is 9. The molecule has 0 aromatic heterocycles. The smallest absolute Gasteiger partial charge is 0.331 e. The van der Waals surface area contributed by atoms with Crippen LogP contribution in [0.5, 0.6) is 0 Å². The van der Waals surface area contributed by atoms with E-state index >= 15 is 0 Å². The van der Waals surface area contributed by atoms with E-state index in [2.05, 4.69) is 6.92 Å². The number of ether oxygens (including phenoxy) is 12. The molecule has 22 nitrogen and oxygen atoms in total. The number of carbonyl (C=O) groups excluding carboxylic acids is 1. The number of carbonyl (C=O) groups is 1. The second-order valence-electron chi connectivity index (χ2n) is 24.3. The highest BCUT2D eigenvalue weighted by molar-refractivity contribution is 5.87. The van der Waals surface area contributed by atoms with Crippen LogP contribution in [0.4, 0.5) is 0 Å². The van der Waals surface area contributed by atoms with Gasteiger partial charge in [0.25, 0.3) is 0 Å². The van der Waals surface area contributed by atoms with Crippen molar-refractivity contribution >= 4 is 12.0 Å². The Balaban J connectivity index is 0.807. The van der Waals surface area contributed by atoms with E-state index in [0.717, 1.165) is 5.56 Å². The van der Waals surface area contributed by atoms with Crippen molar-refractivity contribution in [3.8, 4) is 0 Å². The van der Waals surface area contributed by atoms with Crippen LogP contribution in [-0.4, -0.2) is 226 Å². The molecule has 9 N–H and O–H groups in total. The van der Waals surface area contributed by atoms with Crippen LogP contribution < -0.4 is 0 Å². The van der Waals surface area contributed by atoms with Crippen LogP contribution in [0.3, 0.4) is 0 Å². The monoisotopic (exact) mass is 1120 g/mol. The third kappa shape index (κ3) is 10.8. The van der Waals surface area contributed by atoms with E-state index in [1.807, 2.05) is 37.3 Å². The van der Waals surface area contributed by atoms with Crippen LogP contribution >= 0.6 is 0 Å². The third-order valence-electron chi connectivity index (χ3n) is 20.3. The molecule has 0 spiro atoms. The number of methoxy groups -OCH3 is 3. The largest absolute Gasteiger partial charge is 0.458 e. The van der Waals surface area contributed by atoms with Crippen LogP contribution in [0.25, 0.3) is 6.08 Å². The molecule has 0 radical (unpaired) electrons. The van der Waals surface area contributed by atoms with Gasteiger partial charge in [0.15, 0.2) is 25.2 Å². The summed E-state index contributed by atoms with van der Waals surface area (Å²) in [6, 6.07) is 9.31. The fraction of sp³-hybridized carbons (Fsp3) is 0.842. The predicted octanol–water partition coefficient (Wildman–Crippen LogP) is 1.37. The highest BCUT2D eigenvalue weighted by atomic mass is 16.8. The lowest BCUT2D eigenvalue weighted by Gasteiger charge is -2.69. The highest BCUT2D eigenvalue weighted by Gasteiger charge is 2.81. The van der Waals surface area contributed by atoms with Crippen LogP contribution in [0.15, 0.2) is 36.4 Å². The molecule has 4 saturated carbocycles. The first-order valence-corrected chi connectivity index (χ1v) is 28.4. The normalized spacial score (nSPS) is 50.6. The Morgan fingerprint density at radius 1 is 0.684 bits per heavy atom. The fourth-order valence-corrected chi connectivity index (χ4v) is 15.6. The minimum Gasteiger partial charge on any atom is -0.458 e. The molecule has 4 aliphatic heterocycles. The minimum absolute atomic E-state index is 0.0142. The van der Waals surface area contributed by atoms with E-state index < -0.39 is 169 Å². The van der Waals surface area contributed by atoms with Crippen molar-refractivity contribution in [1.82, 2.24) is 0 Å². The molecule has 4 saturated heterocycles. The van der Waals surface area contributed by atoms with E-state index in [9.17, 15) is 50.8 Å². The molecule has 10 unspecified atom stereocenters. The number of hydrogen-bond acceptors (Lipinski definition) is 22. The SMILES string of the molecule is CO[C@H]1[C@@H](O)[C@H](O[C@@H]2[C@@H](C)O[C@@H](O[C@H]3[C@@H](OC)C[C@H](OC4CCC5(C)C(CCC6(O)C5CC(OC(=O)/C=C/c5ccccc5)C5(C)C(O)(C(C)O)CCC65O)C4)O[C@@H]3C)C[C@H]2OC)O[C@H](C)[C@H]1O[C@@H]1O[C@H](CO)[C@@H](O)[C@H](O)[C@H]1O. The summed E-state index contributed by atoms with van der Waals surface area (Å²) in [5.74, 6) is -1.10. The molecular weight excluding hydrogens is 1040 g/mol. The molecule has 1 aromatic carbocycles. The Kier molecular flexibility index (Phi) is 18.6. The maximum Gasteiger partial charge on any atom is 0.331 e. The van der Waals surface area contributed by atoms with Gasteiger partial charge in [-0.3, -0.25) is 0 Å². The van der Waals surface area contributed by atoms with Crippen molar-refractivity contribution in [3.05, 3.63) is 42.0 Å². The molecule has 22 heteroatoms. The first-order chi connectivity index (χ1) is 37.4. The maximum absolute atomic E-state index is 13.7. The Morgan fingerprint density at radius 3 is 1.91 bits per heavy atom. The number of aliphatic hydroxyl groups excluding tert-OH is 6. The summed E-state index contributed by atoms with van der Waals surface area (Å²) in [5.41, 5.74) is -6.71. The topological polar surface area (TPSA) is 310 Å². The zero-order chi connectivity index (χ0) is 57.1. The lowest BCUT2D eigenvalue weighted by atomic mass is 9.40. The lowest BCUT2D eigenvalue weighted by molar-refractivity contribution is -0.373. The molecule has 1 aromatic rings. The first kappa shape index (κ1) is 61.2. The number of hydrogen-bond donors (Lipinski definition) is 9. The average molecular weight is 1130 g/mol. The van der Waals surface area contributed by atoms with Gasteiger partial charge in [-0.15, -0.1) is 0 Å². The van der Waals surface area contributed by atoms with Gasteiger partial charge in [-0.1, -0.05) is 44.2 Å². The van der Waals surface area contributed by atoms with Crippen molar-refractivity contribution in [2.75, 3.05) is 27.9 Å². The fourth-order valence-electron chi connectivity index (χ4n) is 15.6. The van der Waals surface area contributed by atoms with Crippen molar-refractivity contribution in [3.63, 3.8) is 0 Å². The van der Waals surface area contributed by atoms with E-state index in [-0.39, 0.29) is 44.1 Å². The van der Waals surface area contributed by atoms with Gasteiger partial charge in [0.05, 0.1) is 60.4 Å². The summed E-state index contributed by atoms with van der Waals surface area (Å²) in [4.78, 5) is 13.7. The third-order valence-corrected chi connectivity index (χ3v) is 20.3. The lowest BCUT2D eigenvalue weighted by Crippen LogP contribution is -2.79. The van der Waals surface area contributed by atoms with Crippen LogP contribution in [0.1, 0.15) is 111 Å². The zero-order valence-corrected chi connectivity index (χ0v) is 46.9. The van der Waals surface area contributed by atoms with Crippen LogP contribution in [-0.2, 0) is 61.6 Å². The summed E-state index contributed by atoms with van der Waals surface area (Å²) < 4.78 is 74.3. The number of benzene rings is 1. The van der Waals surface area contributed by atoms with Gasteiger partial charge in [0.1, 0.15) is 72.2 Å². The molecule has 8 aliphatic rings. The standard InChI is InChI=1S/C57H88O22/c1-28-47(77-42-25-36(69-8)48(29(2)72-42)78-52-46(64)50(70-9)49(30(3)73-52)79-51-45(63)44(62)43(61)37(27-58)75-51)35(68-7)24-41(71-28)74-34-18-19-53(5)33(23-34)17-20-56(66)38(53)26-39(76-40(60)16-15-32-13-11-10-12-14-32)54(6)55(65,31(4)59)21-22-57(54,56)67/h10-16,28-31,33-39,41-52,58-59,61-67H,17-27H2,1-9H3/b16-15+/t28-,29-,30-,31?,33?,34?,35+,36-,37-,38?,39?,41+,42+,43-,44+,45-,46-,47-,48-,49-,50+,51+,52+,53?,54?,55?,56?,57?/m1/s1. The van der Waals surface area contributed by atoms with E-state index in [1.54, 1.807) is 34.0 Å². The van der Waals surface area contributed by atoms with Crippen molar-refractivity contribution < 1.29 is 108 Å². The summed E-state index contributed by atoms with van der Waals surface area (Å²) in [6.45, 7) is 9.99. The molecule has 0 bridgehead atoms. The van der Waals surface area contributed by atoms with Gasteiger partial charge < -0.3 is 103 Å². The molecule has 0 amide bonds. The van der Waals surface area contributed by atoms with E-state index in [1.165, 1.54) is 27.2 Å². The molecule has 448 valence electrons. The summed E-state index contributed by atoms with van der Waals surface area (Å²) in [5, 5.41) is 102. The van der Waals surface area contributed by atoms with Crippen molar-refractivity contribution in [2.24, 2.45) is 22.7 Å². The van der Waals surface area contributed by atoms with Crippen molar-refractivity contribution in [1.29, 1.82) is 0 Å². The van der Waals surface area contributed by atoms with Crippen LogP contribution in [0.2, 0.25) is 0 Å². The molecular formula is C57H88O22. The highest BCUT2D eigenvalue weighted by Crippen LogP contribution is 2.72. The Hall–Kier alpha value is -2.37. The van der Waals surface area contributed by atoms with E-state index in [0.29, 0.717) is 32.1 Å². The summed E-state index contributed by atoms with van der Waals surface area (Å²) >= 11 is 0. The Labute approximate surface area is 462 Å². The van der Waals surface area contributed by atoms with Crippen molar-refractivity contribution in [2.45, 2.75) is 251 Å². The average Bonchev–Trinajstić information content (AvgIpc) is 3.43. The maximum atomic E-state index is 13.7. The number of rotatable bonds is 16. The van der Waals surface area contributed by atoms with Gasteiger partial charge in [0.2, 0.25) is 0 Å². The molecule has 4 heterocycles. The molecule has 9 rings (SSSR count). The van der Waals surface area contributed by atoms with Gasteiger partial charge in [0, 0.05) is 40.2 Å². The molecule has 28 atom stereocenters. The minimum atomic E-state index is -1.89. The second-order valence-corrected chi connectivity index (χ2v) is 24.3. The number of esters is 1. The zero-order valence-electron chi connectivity index (χ0n) is 46.9. The van der Waals surface area contributed by atoms with Gasteiger partial charge in [-0.25, -0.2) is 4.79 Å². The quantitative estimate of drug-likeness (QED) is 0.0641. The summed E-state index contributed by atoms with van der Waals surface area (Å²) in [7, 11) is 4.51. The predicted molar refractivity (Wildman–Crippen MR) is 276 cm³/mol. The Bertz CT molecular complexity index is 2230. The number of fused-ring (bicyclic) bond motifs is 5. The Morgan fingerprint density at radius 2 is 1.29 bits per heavy atom. The second kappa shape index (κ2) is 23.9. The van der Waals surface area contributed by atoms with Crippen LogP contribution in [0, 0.1) is 22.7 Å². The molecule has 4 aliphatic carbocycles. The molecule has 79 heavy (non-hydrogen) atoms. The van der Waals surface area contributed by atoms with Gasteiger partial charge >= 0.3 is 5.97 Å². The summed E-state index contributed by atoms with van der Waals surface area (Å²) in [6.07, 6.45) is -14.2. The van der Waals surface area contributed by atoms with Gasteiger partial charge in [-0.05, 0) is 108 Å². The first-order valence-electron chi connectivity index (χ1n) is 28.4. The van der Waals surface area contributed by atoms with Gasteiger partial charge in [-0.2, -0.15) is 0 Å².